The molecular weight excluding hydrogens is 136 g/mol. The molecule has 0 radical (unpaired) electrons. The van der Waals surface area contributed by atoms with Crippen molar-refractivity contribution in [1.29, 1.82) is 0 Å². The number of hydrogen-bond acceptors (Lipinski definition) is 1. The van der Waals surface area contributed by atoms with Crippen molar-refractivity contribution in [1.82, 2.24) is 0 Å². The lowest BCUT2D eigenvalue weighted by Gasteiger charge is -2.01. The minimum absolute atomic E-state index is 0.127. The van der Waals surface area contributed by atoms with Crippen LogP contribution in [0.3, 0.4) is 0 Å². The third-order valence-corrected chi connectivity index (χ3v) is 2.94. The van der Waals surface area contributed by atoms with Crippen molar-refractivity contribution in [3.05, 3.63) is 12.2 Å². The molecule has 2 aliphatic carbocycles. The molecule has 0 amide bonds. The fourth-order valence-corrected chi connectivity index (χ4v) is 2.07. The summed E-state index contributed by atoms with van der Waals surface area (Å²) in [5, 5.41) is 9.56. The number of allylic oxidation sites excluding steroid dienone is 1. The predicted octanol–water partition coefficient (Wildman–Crippen LogP) is 2.11. The summed E-state index contributed by atoms with van der Waals surface area (Å²) in [4.78, 5) is 0. The van der Waals surface area contributed by atoms with Crippen LogP contribution in [0.25, 0.3) is 0 Å². The van der Waals surface area contributed by atoms with Gasteiger partial charge in [-0.15, -0.1) is 0 Å². The van der Waals surface area contributed by atoms with E-state index in [1.54, 1.807) is 0 Å². The lowest BCUT2D eigenvalue weighted by Crippen LogP contribution is -2.05. The summed E-state index contributed by atoms with van der Waals surface area (Å²) in [5.41, 5.74) is 0. The zero-order valence-electron chi connectivity index (χ0n) is 6.87. The van der Waals surface area contributed by atoms with Gasteiger partial charge in [0.15, 0.2) is 0 Å². The average molecular weight is 152 g/mol. The van der Waals surface area contributed by atoms with Gasteiger partial charge in [-0.1, -0.05) is 25.0 Å². The van der Waals surface area contributed by atoms with E-state index in [9.17, 15) is 5.11 Å². The Balaban J connectivity index is 1.95. The average Bonchev–Trinajstić information content (AvgIpc) is 2.74. The quantitative estimate of drug-likeness (QED) is 0.527. The second kappa shape index (κ2) is 2.98. The topological polar surface area (TPSA) is 20.2 Å². The van der Waals surface area contributed by atoms with Crippen molar-refractivity contribution in [3.8, 4) is 0 Å². The van der Waals surface area contributed by atoms with Gasteiger partial charge < -0.3 is 5.11 Å². The molecule has 0 spiro atoms. The van der Waals surface area contributed by atoms with Crippen molar-refractivity contribution in [2.24, 2.45) is 11.8 Å². The molecule has 0 aromatic heterocycles. The van der Waals surface area contributed by atoms with Gasteiger partial charge in [0.2, 0.25) is 0 Å². The van der Waals surface area contributed by atoms with E-state index in [1.807, 2.05) is 6.08 Å². The zero-order valence-corrected chi connectivity index (χ0v) is 6.87. The smallest absolute Gasteiger partial charge is 0.0751 e. The standard InChI is InChI=1S/C10H16O/c11-10-6-4-2-1-3-5-8-7-9(8)10/h4,6,8-11H,1-3,5,7H2/b6-4-. The molecule has 0 aromatic carbocycles. The Labute approximate surface area is 68.1 Å². The van der Waals surface area contributed by atoms with E-state index in [1.165, 1.54) is 25.7 Å². The Kier molecular flexibility index (Phi) is 1.99. The molecule has 0 saturated heterocycles. The van der Waals surface area contributed by atoms with Gasteiger partial charge in [-0.2, -0.15) is 0 Å². The Bertz CT molecular complexity index is 162. The Hall–Kier alpha value is -0.300. The molecule has 11 heavy (non-hydrogen) atoms. The second-order valence-corrected chi connectivity index (χ2v) is 3.86. The molecule has 0 aliphatic heterocycles. The van der Waals surface area contributed by atoms with Gasteiger partial charge in [0.05, 0.1) is 6.10 Å². The Morgan fingerprint density at radius 1 is 1.27 bits per heavy atom. The summed E-state index contributed by atoms with van der Waals surface area (Å²) in [6.45, 7) is 0. The summed E-state index contributed by atoms with van der Waals surface area (Å²) in [6.07, 6.45) is 10.5. The number of aliphatic hydroxyl groups is 1. The number of rotatable bonds is 0. The predicted molar refractivity (Wildman–Crippen MR) is 45.2 cm³/mol. The fourth-order valence-electron chi connectivity index (χ4n) is 2.07. The SMILES string of the molecule is OC1/C=C\CCCCC2CC12. The van der Waals surface area contributed by atoms with Crippen LogP contribution in [0.15, 0.2) is 12.2 Å². The molecule has 2 rings (SSSR count). The molecule has 1 nitrogen and oxygen atoms in total. The highest BCUT2D eigenvalue weighted by atomic mass is 16.3. The molecule has 1 fully saturated rings. The lowest BCUT2D eigenvalue weighted by molar-refractivity contribution is 0.192. The first-order chi connectivity index (χ1) is 5.38. The second-order valence-electron chi connectivity index (χ2n) is 3.86. The van der Waals surface area contributed by atoms with Crippen molar-refractivity contribution >= 4 is 0 Å². The van der Waals surface area contributed by atoms with Crippen LogP contribution >= 0.6 is 0 Å². The van der Waals surface area contributed by atoms with Gasteiger partial charge in [0.1, 0.15) is 0 Å². The van der Waals surface area contributed by atoms with Crippen LogP contribution in [0, 0.1) is 11.8 Å². The molecule has 0 bridgehead atoms. The van der Waals surface area contributed by atoms with Crippen molar-refractivity contribution in [3.63, 3.8) is 0 Å². The minimum Gasteiger partial charge on any atom is -0.389 e. The molecule has 0 aromatic rings. The van der Waals surface area contributed by atoms with Crippen LogP contribution < -0.4 is 0 Å². The van der Waals surface area contributed by atoms with Crippen LogP contribution in [0.1, 0.15) is 32.1 Å². The largest absolute Gasteiger partial charge is 0.389 e. The number of fused-ring (bicyclic) bond motifs is 1. The van der Waals surface area contributed by atoms with Gasteiger partial charge in [-0.3, -0.25) is 0 Å². The summed E-state index contributed by atoms with van der Waals surface area (Å²) in [6, 6.07) is 0. The van der Waals surface area contributed by atoms with Crippen molar-refractivity contribution < 1.29 is 5.11 Å². The van der Waals surface area contributed by atoms with Crippen LogP contribution in [0.2, 0.25) is 0 Å². The fraction of sp³-hybridized carbons (Fsp3) is 0.800. The molecule has 3 unspecified atom stereocenters. The van der Waals surface area contributed by atoms with E-state index in [0.29, 0.717) is 5.92 Å². The molecule has 1 heteroatoms. The third-order valence-electron chi connectivity index (χ3n) is 2.94. The monoisotopic (exact) mass is 152 g/mol. The van der Waals surface area contributed by atoms with E-state index in [0.717, 1.165) is 12.3 Å². The maximum absolute atomic E-state index is 9.56. The Morgan fingerprint density at radius 3 is 3.09 bits per heavy atom. The molecule has 62 valence electrons. The van der Waals surface area contributed by atoms with Gasteiger partial charge in [0.25, 0.3) is 0 Å². The maximum atomic E-state index is 9.56. The normalized spacial score (nSPS) is 46.5. The van der Waals surface area contributed by atoms with Crippen LogP contribution in [0.4, 0.5) is 0 Å². The summed E-state index contributed by atoms with van der Waals surface area (Å²) in [7, 11) is 0. The summed E-state index contributed by atoms with van der Waals surface area (Å²) >= 11 is 0. The minimum atomic E-state index is -0.127. The first-order valence-electron chi connectivity index (χ1n) is 4.72. The highest BCUT2D eigenvalue weighted by molar-refractivity contribution is 5.02. The lowest BCUT2D eigenvalue weighted by atomic mass is 10.1. The van der Waals surface area contributed by atoms with E-state index in [-0.39, 0.29) is 6.10 Å². The van der Waals surface area contributed by atoms with Crippen molar-refractivity contribution in [2.75, 3.05) is 0 Å². The third kappa shape index (κ3) is 1.64. The van der Waals surface area contributed by atoms with Gasteiger partial charge in [0, 0.05) is 0 Å². The van der Waals surface area contributed by atoms with E-state index in [2.05, 4.69) is 6.08 Å². The highest BCUT2D eigenvalue weighted by Crippen LogP contribution is 2.45. The summed E-state index contributed by atoms with van der Waals surface area (Å²) in [5.74, 6) is 1.47. The Morgan fingerprint density at radius 2 is 2.18 bits per heavy atom. The number of aliphatic hydroxyl groups excluding tert-OH is 1. The molecular formula is C10H16O. The summed E-state index contributed by atoms with van der Waals surface area (Å²) < 4.78 is 0. The molecule has 1 saturated carbocycles. The number of hydrogen-bond donors (Lipinski definition) is 1. The zero-order chi connectivity index (χ0) is 7.68. The van der Waals surface area contributed by atoms with Gasteiger partial charge in [-0.25, -0.2) is 0 Å². The van der Waals surface area contributed by atoms with Gasteiger partial charge in [-0.05, 0) is 31.1 Å². The van der Waals surface area contributed by atoms with Gasteiger partial charge >= 0.3 is 0 Å². The molecule has 2 aliphatic rings. The van der Waals surface area contributed by atoms with Crippen LogP contribution in [-0.4, -0.2) is 11.2 Å². The van der Waals surface area contributed by atoms with E-state index in [4.69, 9.17) is 0 Å². The van der Waals surface area contributed by atoms with Crippen LogP contribution in [-0.2, 0) is 0 Å². The first kappa shape index (κ1) is 7.35. The maximum Gasteiger partial charge on any atom is 0.0751 e. The highest BCUT2D eigenvalue weighted by Gasteiger charge is 2.40. The van der Waals surface area contributed by atoms with E-state index < -0.39 is 0 Å². The van der Waals surface area contributed by atoms with E-state index >= 15 is 0 Å². The molecule has 3 atom stereocenters. The first-order valence-corrected chi connectivity index (χ1v) is 4.72. The van der Waals surface area contributed by atoms with Crippen LogP contribution in [0.5, 0.6) is 0 Å². The molecule has 1 N–H and O–H groups in total. The molecule has 0 heterocycles. The van der Waals surface area contributed by atoms with Crippen molar-refractivity contribution in [2.45, 2.75) is 38.2 Å².